The molecule has 0 radical (unpaired) electrons. The smallest absolute Gasteiger partial charge is 0.325 e. The molecule has 0 aromatic rings. The summed E-state index contributed by atoms with van der Waals surface area (Å²) in [5.74, 6) is -0.926. The molecule has 1 unspecified atom stereocenters. The van der Waals surface area contributed by atoms with E-state index in [4.69, 9.17) is 5.11 Å². The summed E-state index contributed by atoms with van der Waals surface area (Å²) in [6.07, 6.45) is 1.33. The molecule has 0 aromatic carbocycles. The number of aliphatic carboxylic acids is 1. The minimum atomic E-state index is -1.00. The molecular formula is C12H23NO3. The van der Waals surface area contributed by atoms with Crippen LogP contribution in [0.25, 0.3) is 0 Å². The van der Waals surface area contributed by atoms with Crippen molar-refractivity contribution in [2.45, 2.75) is 53.5 Å². The third-order valence-electron chi connectivity index (χ3n) is 2.24. The van der Waals surface area contributed by atoms with Crippen LogP contribution in [-0.2, 0) is 9.59 Å². The minimum Gasteiger partial charge on any atom is -0.480 e. The molecule has 0 spiro atoms. The van der Waals surface area contributed by atoms with Crippen LogP contribution in [-0.4, -0.2) is 23.0 Å². The van der Waals surface area contributed by atoms with Gasteiger partial charge in [0, 0.05) is 6.42 Å². The summed E-state index contributed by atoms with van der Waals surface area (Å²) in [6.45, 7) is 9.86. The normalized spacial score (nSPS) is 15.3. The van der Waals surface area contributed by atoms with Gasteiger partial charge in [0.05, 0.1) is 0 Å². The predicted molar refractivity (Wildman–Crippen MR) is 63.1 cm³/mol. The Balaban J connectivity index is 4.01. The summed E-state index contributed by atoms with van der Waals surface area (Å²) in [5.41, 5.74) is 0.193. The molecule has 1 amide bonds. The molecule has 94 valence electrons. The van der Waals surface area contributed by atoms with Gasteiger partial charge in [0.25, 0.3) is 0 Å². The summed E-state index contributed by atoms with van der Waals surface area (Å²) in [4.78, 5) is 22.0. The molecule has 0 saturated carbocycles. The topological polar surface area (TPSA) is 66.4 Å². The van der Waals surface area contributed by atoms with Crippen LogP contribution in [0.2, 0.25) is 0 Å². The largest absolute Gasteiger partial charge is 0.480 e. The number of rotatable bonds is 5. The lowest BCUT2D eigenvalue weighted by molar-refractivity contribution is -0.141. The molecule has 16 heavy (non-hydrogen) atoms. The first-order chi connectivity index (χ1) is 7.11. The Kier molecular flexibility index (Phi) is 5.48. The molecule has 4 heteroatoms. The highest BCUT2D eigenvalue weighted by molar-refractivity contribution is 5.83. The van der Waals surface area contributed by atoms with Gasteiger partial charge in [-0.15, -0.1) is 0 Å². The maximum atomic E-state index is 11.5. The van der Waals surface area contributed by atoms with Crippen LogP contribution in [0.15, 0.2) is 0 Å². The third kappa shape index (κ3) is 7.26. The van der Waals surface area contributed by atoms with Gasteiger partial charge in [-0.25, -0.2) is 0 Å². The van der Waals surface area contributed by atoms with Crippen LogP contribution < -0.4 is 5.32 Å². The molecule has 4 nitrogen and oxygen atoms in total. The first kappa shape index (κ1) is 14.9. The van der Waals surface area contributed by atoms with Gasteiger partial charge in [0.1, 0.15) is 6.04 Å². The monoisotopic (exact) mass is 229 g/mol. The van der Waals surface area contributed by atoms with E-state index in [1.54, 1.807) is 0 Å². The van der Waals surface area contributed by atoms with E-state index >= 15 is 0 Å². The van der Waals surface area contributed by atoms with Crippen LogP contribution in [0.1, 0.15) is 47.5 Å². The molecule has 0 aromatic heterocycles. The summed E-state index contributed by atoms with van der Waals surface area (Å²) >= 11 is 0. The number of carbonyl (C=O) groups excluding carboxylic acids is 1. The Morgan fingerprint density at radius 1 is 1.25 bits per heavy atom. The Bertz CT molecular complexity index is 255. The second kappa shape index (κ2) is 5.87. The number of hydrogen-bond donors (Lipinski definition) is 2. The highest BCUT2D eigenvalue weighted by Crippen LogP contribution is 2.25. The van der Waals surface area contributed by atoms with Crippen LogP contribution in [0.4, 0.5) is 0 Å². The number of carbonyl (C=O) groups is 2. The highest BCUT2D eigenvalue weighted by Gasteiger charge is 2.19. The summed E-state index contributed by atoms with van der Waals surface area (Å²) in [5, 5.41) is 11.1. The Morgan fingerprint density at radius 2 is 1.75 bits per heavy atom. The molecule has 0 aliphatic carbocycles. The van der Waals surface area contributed by atoms with E-state index in [1.165, 1.54) is 6.92 Å². The van der Waals surface area contributed by atoms with E-state index < -0.39 is 12.0 Å². The van der Waals surface area contributed by atoms with E-state index in [0.29, 0.717) is 6.42 Å². The standard InChI is InChI=1S/C12H23NO3/c1-8(7-12(3,4)5)6-10(14)13-9(2)11(15)16/h8-9H,6-7H2,1-5H3,(H,13,14)(H,15,16)/t8?,9-/m1/s1. The van der Waals surface area contributed by atoms with Crippen molar-refractivity contribution in [1.29, 1.82) is 0 Å². The van der Waals surface area contributed by atoms with Gasteiger partial charge in [0.2, 0.25) is 5.91 Å². The lowest BCUT2D eigenvalue weighted by Gasteiger charge is -2.23. The van der Waals surface area contributed by atoms with Crippen molar-refractivity contribution in [2.75, 3.05) is 0 Å². The molecular weight excluding hydrogens is 206 g/mol. The second-order valence-electron chi connectivity index (χ2n) is 5.70. The van der Waals surface area contributed by atoms with Gasteiger partial charge in [-0.1, -0.05) is 27.7 Å². The van der Waals surface area contributed by atoms with E-state index in [0.717, 1.165) is 6.42 Å². The van der Waals surface area contributed by atoms with Crippen LogP contribution in [0, 0.1) is 11.3 Å². The molecule has 0 saturated heterocycles. The van der Waals surface area contributed by atoms with Gasteiger partial charge in [-0.05, 0) is 24.7 Å². The van der Waals surface area contributed by atoms with Gasteiger partial charge >= 0.3 is 5.97 Å². The van der Waals surface area contributed by atoms with Crippen molar-refractivity contribution in [3.8, 4) is 0 Å². The van der Waals surface area contributed by atoms with Crippen LogP contribution in [0.3, 0.4) is 0 Å². The quantitative estimate of drug-likeness (QED) is 0.758. The van der Waals surface area contributed by atoms with Gasteiger partial charge < -0.3 is 10.4 Å². The number of amides is 1. The predicted octanol–water partition coefficient (Wildman–Crippen LogP) is 2.04. The number of hydrogen-bond acceptors (Lipinski definition) is 2. The first-order valence-electron chi connectivity index (χ1n) is 5.64. The van der Waals surface area contributed by atoms with E-state index in [9.17, 15) is 9.59 Å². The first-order valence-corrected chi connectivity index (χ1v) is 5.64. The molecule has 0 fully saturated rings. The maximum Gasteiger partial charge on any atom is 0.325 e. The molecule has 0 heterocycles. The molecule has 0 bridgehead atoms. The fourth-order valence-corrected chi connectivity index (χ4v) is 1.80. The van der Waals surface area contributed by atoms with Crippen molar-refractivity contribution in [1.82, 2.24) is 5.32 Å². The van der Waals surface area contributed by atoms with E-state index in [1.807, 2.05) is 6.92 Å². The molecule has 0 aliphatic heterocycles. The summed E-state index contributed by atoms with van der Waals surface area (Å²) in [7, 11) is 0. The average Bonchev–Trinajstić information content (AvgIpc) is 1.98. The maximum absolute atomic E-state index is 11.5. The van der Waals surface area contributed by atoms with Crippen molar-refractivity contribution in [3.63, 3.8) is 0 Å². The van der Waals surface area contributed by atoms with Crippen molar-refractivity contribution < 1.29 is 14.7 Å². The Morgan fingerprint density at radius 3 is 2.12 bits per heavy atom. The zero-order valence-corrected chi connectivity index (χ0v) is 10.8. The van der Waals surface area contributed by atoms with Crippen LogP contribution in [0.5, 0.6) is 0 Å². The second-order valence-corrected chi connectivity index (χ2v) is 5.70. The number of carboxylic acid groups (broad SMARTS) is 1. The zero-order valence-electron chi connectivity index (χ0n) is 10.8. The van der Waals surface area contributed by atoms with E-state index in [2.05, 4.69) is 26.1 Å². The molecule has 0 rings (SSSR count). The minimum absolute atomic E-state index is 0.188. The fourth-order valence-electron chi connectivity index (χ4n) is 1.80. The third-order valence-corrected chi connectivity index (χ3v) is 2.24. The average molecular weight is 229 g/mol. The molecule has 2 atom stereocenters. The molecule has 0 aliphatic rings. The van der Waals surface area contributed by atoms with Crippen molar-refractivity contribution in [3.05, 3.63) is 0 Å². The highest BCUT2D eigenvalue weighted by atomic mass is 16.4. The SMILES string of the molecule is CC(CC(=O)N[C@H](C)C(=O)O)CC(C)(C)C. The fraction of sp³-hybridized carbons (Fsp3) is 0.833. The van der Waals surface area contributed by atoms with Gasteiger partial charge in [-0.2, -0.15) is 0 Å². The van der Waals surface area contributed by atoms with Gasteiger partial charge in [0.15, 0.2) is 0 Å². The molecule has 2 N–H and O–H groups in total. The Labute approximate surface area is 97.4 Å². The van der Waals surface area contributed by atoms with E-state index in [-0.39, 0.29) is 17.2 Å². The van der Waals surface area contributed by atoms with Gasteiger partial charge in [-0.3, -0.25) is 9.59 Å². The van der Waals surface area contributed by atoms with Crippen molar-refractivity contribution in [2.24, 2.45) is 11.3 Å². The lowest BCUT2D eigenvalue weighted by atomic mass is 9.84. The summed E-state index contributed by atoms with van der Waals surface area (Å²) in [6, 6.07) is -0.811. The lowest BCUT2D eigenvalue weighted by Crippen LogP contribution is -2.39. The Hall–Kier alpha value is -1.06. The number of nitrogens with one attached hydrogen (secondary N) is 1. The zero-order chi connectivity index (χ0) is 12.9. The van der Waals surface area contributed by atoms with Crippen molar-refractivity contribution >= 4 is 11.9 Å². The summed E-state index contributed by atoms with van der Waals surface area (Å²) < 4.78 is 0. The van der Waals surface area contributed by atoms with Crippen LogP contribution >= 0.6 is 0 Å². The number of carboxylic acids is 1.